The molecule has 6 heteroatoms. The van der Waals surface area contributed by atoms with E-state index in [0.717, 1.165) is 15.2 Å². The summed E-state index contributed by atoms with van der Waals surface area (Å²) in [7, 11) is -3.54. The molecule has 1 heterocycles. The fraction of sp³-hybridized carbons (Fsp3) is 0.375. The van der Waals surface area contributed by atoms with Gasteiger partial charge in [0, 0.05) is 22.9 Å². The molecular formula is C16H18BrNO3S. The summed E-state index contributed by atoms with van der Waals surface area (Å²) >= 11 is 3.48. The fourth-order valence-corrected chi connectivity index (χ4v) is 5.19. The molecule has 0 aromatic heterocycles. The van der Waals surface area contributed by atoms with Crippen LogP contribution in [-0.4, -0.2) is 38.0 Å². The molecule has 0 amide bonds. The lowest BCUT2D eigenvalue weighted by Gasteiger charge is -2.34. The van der Waals surface area contributed by atoms with Crippen LogP contribution in [-0.2, 0) is 14.8 Å². The number of nitrogens with zero attached hydrogens (tertiary/aromatic N) is 1. The van der Waals surface area contributed by atoms with E-state index < -0.39 is 10.0 Å². The van der Waals surface area contributed by atoms with Crippen molar-refractivity contribution in [3.8, 4) is 0 Å². The first-order valence-electron chi connectivity index (χ1n) is 7.22. The van der Waals surface area contributed by atoms with Gasteiger partial charge >= 0.3 is 0 Å². The maximum absolute atomic E-state index is 13.1. The van der Waals surface area contributed by atoms with Gasteiger partial charge in [0.05, 0.1) is 17.1 Å². The second-order valence-corrected chi connectivity index (χ2v) is 8.43. The van der Waals surface area contributed by atoms with Gasteiger partial charge in [-0.2, -0.15) is 4.31 Å². The minimum Gasteiger partial charge on any atom is -0.373 e. The molecule has 2 aromatic rings. The van der Waals surface area contributed by atoms with E-state index >= 15 is 0 Å². The summed E-state index contributed by atoms with van der Waals surface area (Å²) < 4.78 is 34.2. The molecule has 1 aliphatic rings. The highest BCUT2D eigenvalue weighted by atomic mass is 79.9. The maximum Gasteiger partial charge on any atom is 0.243 e. The molecule has 0 aliphatic carbocycles. The molecular weight excluding hydrogens is 366 g/mol. The zero-order valence-corrected chi connectivity index (χ0v) is 14.9. The van der Waals surface area contributed by atoms with Crippen LogP contribution in [0.4, 0.5) is 0 Å². The van der Waals surface area contributed by atoms with Crippen LogP contribution in [0.5, 0.6) is 0 Å². The SMILES string of the molecule is C[C@@H]1CN(S(=O)(=O)c2ccc(Br)c3ccccc23)C[C@H](C)O1. The lowest BCUT2D eigenvalue weighted by atomic mass is 10.1. The van der Waals surface area contributed by atoms with Crippen LogP contribution in [0.3, 0.4) is 0 Å². The van der Waals surface area contributed by atoms with Gasteiger partial charge < -0.3 is 4.74 Å². The van der Waals surface area contributed by atoms with Crippen molar-refractivity contribution in [3.05, 3.63) is 40.9 Å². The zero-order chi connectivity index (χ0) is 15.9. The molecule has 0 bridgehead atoms. The van der Waals surface area contributed by atoms with E-state index in [0.29, 0.717) is 18.0 Å². The van der Waals surface area contributed by atoms with E-state index in [1.165, 1.54) is 4.31 Å². The van der Waals surface area contributed by atoms with Crippen LogP contribution in [0.1, 0.15) is 13.8 Å². The van der Waals surface area contributed by atoms with Gasteiger partial charge in [-0.1, -0.05) is 40.2 Å². The molecule has 1 saturated heterocycles. The number of morpholine rings is 1. The minimum atomic E-state index is -3.54. The Morgan fingerprint density at radius 2 is 1.64 bits per heavy atom. The number of rotatable bonds is 2. The zero-order valence-electron chi connectivity index (χ0n) is 12.5. The van der Waals surface area contributed by atoms with Gasteiger partial charge in [0.25, 0.3) is 0 Å². The summed E-state index contributed by atoms with van der Waals surface area (Å²) in [5.74, 6) is 0. The summed E-state index contributed by atoms with van der Waals surface area (Å²) in [6, 6.07) is 11.0. The molecule has 1 aliphatic heterocycles. The van der Waals surface area contributed by atoms with Gasteiger partial charge in [-0.15, -0.1) is 0 Å². The number of hydrogen-bond acceptors (Lipinski definition) is 3. The quantitative estimate of drug-likeness (QED) is 0.798. The van der Waals surface area contributed by atoms with Crippen molar-refractivity contribution in [1.82, 2.24) is 4.31 Å². The van der Waals surface area contributed by atoms with Gasteiger partial charge in [-0.3, -0.25) is 0 Å². The van der Waals surface area contributed by atoms with Crippen LogP contribution >= 0.6 is 15.9 Å². The monoisotopic (exact) mass is 383 g/mol. The van der Waals surface area contributed by atoms with Gasteiger partial charge in [0.15, 0.2) is 0 Å². The number of ether oxygens (including phenoxy) is 1. The summed E-state index contributed by atoms with van der Waals surface area (Å²) in [5.41, 5.74) is 0. The number of fused-ring (bicyclic) bond motifs is 1. The Bertz CT molecular complexity index is 796. The smallest absolute Gasteiger partial charge is 0.243 e. The van der Waals surface area contributed by atoms with Crippen molar-refractivity contribution >= 4 is 36.7 Å². The summed E-state index contributed by atoms with van der Waals surface area (Å²) in [4.78, 5) is 0.354. The second-order valence-electron chi connectivity index (χ2n) is 5.67. The van der Waals surface area contributed by atoms with Crippen LogP contribution in [0.25, 0.3) is 10.8 Å². The van der Waals surface area contributed by atoms with Gasteiger partial charge in [0.1, 0.15) is 0 Å². The Hall–Kier alpha value is -0.950. The summed E-state index contributed by atoms with van der Waals surface area (Å²) in [6.45, 7) is 4.57. The van der Waals surface area contributed by atoms with Crippen molar-refractivity contribution in [1.29, 1.82) is 0 Å². The van der Waals surface area contributed by atoms with E-state index in [9.17, 15) is 8.42 Å². The van der Waals surface area contributed by atoms with Crippen LogP contribution < -0.4 is 0 Å². The Balaban J connectivity index is 2.12. The highest BCUT2D eigenvalue weighted by Crippen LogP contribution is 2.32. The van der Waals surface area contributed by atoms with Gasteiger partial charge in [0.2, 0.25) is 10.0 Å². The van der Waals surface area contributed by atoms with Crippen LogP contribution in [0.2, 0.25) is 0 Å². The number of sulfonamides is 1. The van der Waals surface area contributed by atoms with E-state index in [1.54, 1.807) is 12.1 Å². The Morgan fingerprint density at radius 3 is 2.27 bits per heavy atom. The van der Waals surface area contributed by atoms with E-state index in [1.807, 2.05) is 38.1 Å². The molecule has 0 spiro atoms. The second kappa shape index (κ2) is 5.92. The number of halogens is 1. The summed E-state index contributed by atoms with van der Waals surface area (Å²) in [5, 5.41) is 1.64. The molecule has 3 rings (SSSR count). The van der Waals surface area contributed by atoms with Crippen LogP contribution in [0.15, 0.2) is 45.8 Å². The number of hydrogen-bond donors (Lipinski definition) is 0. The van der Waals surface area contributed by atoms with Crippen molar-refractivity contribution in [3.63, 3.8) is 0 Å². The normalized spacial score (nSPS) is 23.8. The Labute approximate surface area is 139 Å². The van der Waals surface area contributed by atoms with E-state index in [-0.39, 0.29) is 12.2 Å². The molecule has 0 unspecified atom stereocenters. The Morgan fingerprint density at radius 1 is 1.05 bits per heavy atom. The first-order chi connectivity index (χ1) is 10.4. The van der Waals surface area contributed by atoms with Crippen molar-refractivity contribution in [2.24, 2.45) is 0 Å². The van der Waals surface area contributed by atoms with Gasteiger partial charge in [-0.25, -0.2) is 8.42 Å². The third-order valence-electron chi connectivity index (χ3n) is 3.83. The first kappa shape index (κ1) is 15.9. The standard InChI is InChI=1S/C16H18BrNO3S/c1-11-9-18(10-12(2)21-11)22(19,20)16-8-7-15(17)13-5-3-4-6-14(13)16/h3-8,11-12H,9-10H2,1-2H3/t11-,12+. The van der Waals surface area contributed by atoms with Gasteiger partial charge in [-0.05, 0) is 31.4 Å². The minimum absolute atomic E-state index is 0.0970. The third kappa shape index (κ3) is 2.80. The highest BCUT2D eigenvalue weighted by Gasteiger charge is 2.33. The van der Waals surface area contributed by atoms with Crippen molar-refractivity contribution < 1.29 is 13.2 Å². The van der Waals surface area contributed by atoms with Crippen molar-refractivity contribution in [2.75, 3.05) is 13.1 Å². The maximum atomic E-state index is 13.1. The van der Waals surface area contributed by atoms with E-state index in [4.69, 9.17) is 4.74 Å². The molecule has 22 heavy (non-hydrogen) atoms. The summed E-state index contributed by atoms with van der Waals surface area (Å²) in [6.07, 6.45) is -0.194. The highest BCUT2D eigenvalue weighted by molar-refractivity contribution is 9.10. The molecule has 1 fully saturated rings. The number of benzene rings is 2. The molecule has 0 N–H and O–H groups in total. The molecule has 118 valence electrons. The molecule has 2 aromatic carbocycles. The molecule has 2 atom stereocenters. The van der Waals surface area contributed by atoms with E-state index in [2.05, 4.69) is 15.9 Å². The molecule has 0 saturated carbocycles. The van der Waals surface area contributed by atoms with Crippen LogP contribution in [0, 0.1) is 0 Å². The first-order valence-corrected chi connectivity index (χ1v) is 9.46. The molecule has 0 radical (unpaired) electrons. The average molecular weight is 384 g/mol. The fourth-order valence-electron chi connectivity index (χ4n) is 2.93. The third-order valence-corrected chi connectivity index (χ3v) is 6.42. The predicted molar refractivity (Wildman–Crippen MR) is 90.4 cm³/mol. The lowest BCUT2D eigenvalue weighted by Crippen LogP contribution is -2.48. The largest absolute Gasteiger partial charge is 0.373 e. The topological polar surface area (TPSA) is 46.6 Å². The Kier molecular flexibility index (Phi) is 4.29. The average Bonchev–Trinajstić information content (AvgIpc) is 2.46. The molecule has 4 nitrogen and oxygen atoms in total. The predicted octanol–water partition coefficient (Wildman–Crippen LogP) is 3.40. The lowest BCUT2D eigenvalue weighted by molar-refractivity contribution is -0.0440. The van der Waals surface area contributed by atoms with Crippen molar-refractivity contribution in [2.45, 2.75) is 31.0 Å².